The predicted octanol–water partition coefficient (Wildman–Crippen LogP) is 3.41. The molecular weight excluding hydrogens is 697 g/mol. The van der Waals surface area contributed by atoms with Gasteiger partial charge in [-0.2, -0.15) is 0 Å². The average Bonchev–Trinajstić information content (AvgIpc) is 3.23. The second-order valence-electron chi connectivity index (χ2n) is 11.0. The molecule has 0 spiro atoms. The fourth-order valence-electron chi connectivity index (χ4n) is 6.74. The van der Waals surface area contributed by atoms with Gasteiger partial charge in [-0.15, -0.1) is 0 Å². The molecule has 0 N–H and O–H groups in total. The maximum absolute atomic E-state index is 14.4. The number of hydrogen-bond donors (Lipinski definition) is 0. The van der Waals surface area contributed by atoms with Gasteiger partial charge in [0.25, 0.3) is 0 Å². The molecule has 0 radical (unpaired) electrons. The van der Waals surface area contributed by atoms with Gasteiger partial charge in [0.1, 0.15) is 0 Å². The van der Waals surface area contributed by atoms with E-state index in [0.29, 0.717) is 22.7 Å². The van der Waals surface area contributed by atoms with Crippen molar-refractivity contribution in [3.8, 4) is 0 Å². The Morgan fingerprint density at radius 2 is 1.32 bits per heavy atom. The number of ketones is 1. The van der Waals surface area contributed by atoms with Crippen molar-refractivity contribution in [3.63, 3.8) is 0 Å². The van der Waals surface area contributed by atoms with Crippen LogP contribution in [0, 0.1) is 16.7 Å². The number of fused-ring (bicyclic) bond motifs is 2. The molecule has 5 rings (SSSR count). The first-order chi connectivity index (χ1) is 18.0. The topological polar surface area (TPSA) is 86.7 Å². The normalized spacial score (nSPS) is 23.5. The zero-order chi connectivity index (χ0) is 27.3. The van der Waals surface area contributed by atoms with E-state index in [1.165, 1.54) is 6.92 Å². The SMILES string of the molecule is CC(=O)[O][Bi]([O]S(=O)(=O)CC12CCC(CC1=O)C2(C)C)([c]1ccccc1)([c]1ccccc1)[c]1ccccc1. The van der Waals surface area contributed by atoms with Gasteiger partial charge >= 0.3 is 228 Å². The van der Waals surface area contributed by atoms with Gasteiger partial charge < -0.3 is 0 Å². The molecule has 200 valence electrons. The molecular formula is C30H33BiO6S. The monoisotopic (exact) mass is 730 g/mol. The van der Waals surface area contributed by atoms with E-state index in [1.54, 1.807) is 72.8 Å². The molecule has 2 fully saturated rings. The number of hydrogen-bond acceptors (Lipinski definition) is 6. The average molecular weight is 731 g/mol. The van der Waals surface area contributed by atoms with Gasteiger partial charge in [0, 0.05) is 0 Å². The van der Waals surface area contributed by atoms with Crippen molar-refractivity contribution in [2.45, 2.75) is 40.0 Å². The van der Waals surface area contributed by atoms with E-state index in [-0.39, 0.29) is 11.7 Å². The van der Waals surface area contributed by atoms with Crippen molar-refractivity contribution in [1.29, 1.82) is 0 Å². The molecule has 38 heavy (non-hydrogen) atoms. The van der Waals surface area contributed by atoms with E-state index in [9.17, 15) is 18.0 Å². The molecule has 2 aliphatic carbocycles. The van der Waals surface area contributed by atoms with E-state index < -0.39 is 52.3 Å². The van der Waals surface area contributed by atoms with Crippen LogP contribution >= 0.6 is 0 Å². The third-order valence-corrected chi connectivity index (χ3v) is 32.9. The quantitative estimate of drug-likeness (QED) is 0.331. The third-order valence-electron chi connectivity index (χ3n) is 8.80. The van der Waals surface area contributed by atoms with Crippen molar-refractivity contribution in [3.05, 3.63) is 91.0 Å². The summed E-state index contributed by atoms with van der Waals surface area (Å²) < 4.78 is 43.4. The van der Waals surface area contributed by atoms with Crippen LogP contribution in [-0.4, -0.2) is 45.6 Å². The molecule has 2 aliphatic rings. The van der Waals surface area contributed by atoms with Crippen LogP contribution in [0.1, 0.15) is 40.0 Å². The Bertz CT molecular complexity index is 1370. The van der Waals surface area contributed by atoms with Gasteiger partial charge in [0.15, 0.2) is 0 Å². The van der Waals surface area contributed by atoms with E-state index in [0.717, 1.165) is 6.42 Å². The summed E-state index contributed by atoms with van der Waals surface area (Å²) in [6.45, 7) is 5.27. The van der Waals surface area contributed by atoms with E-state index >= 15 is 0 Å². The molecule has 0 heterocycles. The summed E-state index contributed by atoms with van der Waals surface area (Å²) in [7, 11) is -4.42. The van der Waals surface area contributed by atoms with Gasteiger partial charge in [-0.3, -0.25) is 0 Å². The van der Waals surface area contributed by atoms with Crippen LogP contribution in [0.15, 0.2) is 91.0 Å². The maximum atomic E-state index is 14.4. The van der Waals surface area contributed by atoms with Gasteiger partial charge in [0.05, 0.1) is 0 Å². The van der Waals surface area contributed by atoms with Crippen LogP contribution in [0.2, 0.25) is 0 Å². The van der Waals surface area contributed by atoms with Gasteiger partial charge in [-0.1, -0.05) is 0 Å². The number of carbonyl (C=O) groups excluding carboxylic acids is 2. The van der Waals surface area contributed by atoms with Crippen molar-refractivity contribution in [2.75, 3.05) is 5.75 Å². The Morgan fingerprint density at radius 1 is 0.868 bits per heavy atom. The van der Waals surface area contributed by atoms with Crippen LogP contribution in [0.4, 0.5) is 0 Å². The summed E-state index contributed by atoms with van der Waals surface area (Å²) in [5.41, 5.74) is -1.50. The first kappa shape index (κ1) is 27.2. The number of rotatable bonds is 8. The Kier molecular flexibility index (Phi) is 6.69. The van der Waals surface area contributed by atoms with Crippen LogP contribution < -0.4 is 9.81 Å². The van der Waals surface area contributed by atoms with Gasteiger partial charge in [-0.05, 0) is 0 Å². The fourth-order valence-corrected chi connectivity index (χ4v) is 32.8. The molecule has 2 saturated carbocycles. The van der Waals surface area contributed by atoms with E-state index in [4.69, 9.17) is 5.07 Å². The summed E-state index contributed by atoms with van der Waals surface area (Å²) >= 11 is -6.32. The Balaban J connectivity index is 1.81. The predicted molar refractivity (Wildman–Crippen MR) is 149 cm³/mol. The molecule has 3 aromatic carbocycles. The van der Waals surface area contributed by atoms with Crippen molar-refractivity contribution < 1.29 is 23.1 Å². The number of carbonyl (C=O) groups is 2. The molecule has 0 saturated heterocycles. The fraction of sp³-hybridized carbons (Fsp3) is 0.333. The number of benzene rings is 3. The van der Waals surface area contributed by atoms with Crippen LogP contribution in [0.5, 0.6) is 0 Å². The van der Waals surface area contributed by atoms with Crippen LogP contribution in [0.3, 0.4) is 0 Å². The van der Waals surface area contributed by atoms with E-state index in [1.807, 2.05) is 32.0 Å². The Hall–Kier alpha value is -2.41. The summed E-state index contributed by atoms with van der Waals surface area (Å²) in [5, 5.41) is 0. The zero-order valence-corrected chi connectivity index (χ0v) is 26.2. The second kappa shape index (κ2) is 9.36. The number of Topliss-reactive ketones (excluding diaryl/α,β-unsaturated/α-hetero) is 1. The molecule has 2 unspecified atom stereocenters. The Morgan fingerprint density at radius 3 is 1.66 bits per heavy atom. The minimum atomic E-state index is -6.32. The van der Waals surface area contributed by atoms with E-state index in [2.05, 4.69) is 0 Å². The third kappa shape index (κ3) is 3.91. The molecule has 0 aromatic heterocycles. The summed E-state index contributed by atoms with van der Waals surface area (Å²) in [6, 6.07) is 26.9. The summed E-state index contributed by atoms with van der Waals surface area (Å²) in [4.78, 5) is 26.3. The second-order valence-corrected chi connectivity index (χ2v) is 28.5. The van der Waals surface area contributed by atoms with Crippen molar-refractivity contribution in [1.82, 2.24) is 0 Å². The zero-order valence-electron chi connectivity index (χ0n) is 21.9. The van der Waals surface area contributed by atoms with Gasteiger partial charge in [-0.25, -0.2) is 0 Å². The van der Waals surface area contributed by atoms with Crippen molar-refractivity contribution >= 4 is 51.3 Å². The summed E-state index contributed by atoms with van der Waals surface area (Å²) in [6.07, 6.45) is 1.71. The van der Waals surface area contributed by atoms with Crippen molar-refractivity contribution in [2.24, 2.45) is 16.7 Å². The van der Waals surface area contributed by atoms with Crippen LogP contribution in [0.25, 0.3) is 0 Å². The molecule has 2 atom stereocenters. The Labute approximate surface area is 226 Å². The molecule has 3 aromatic rings. The first-order valence-corrected chi connectivity index (χ1v) is 22.5. The minimum absolute atomic E-state index is 0.0205. The molecule has 2 bridgehead atoms. The summed E-state index contributed by atoms with van der Waals surface area (Å²) in [5.74, 6) is -0.951. The first-order valence-electron chi connectivity index (χ1n) is 12.8. The van der Waals surface area contributed by atoms with Crippen LogP contribution in [-0.2, 0) is 24.8 Å². The molecule has 6 nitrogen and oxygen atoms in total. The molecule has 8 heteroatoms. The standard InChI is InChI=1S/C10H16O4S.3C6H5.C2H4O2.Bi/c1-9(2)7-3-4-10(9,8(11)5-7)6-15(12,13)14;3*1-2-4-6-5-3-1;1-2(3)4;/h7H,3-6H2,1-2H3,(H,12,13,14);3*1-5H;1H3,(H,3,4);/q;;;;;+2/p-2. The van der Waals surface area contributed by atoms with Gasteiger partial charge in [0.2, 0.25) is 0 Å². The molecule has 0 aliphatic heterocycles. The molecule has 0 amide bonds.